The van der Waals surface area contributed by atoms with Gasteiger partial charge in [-0.1, -0.05) is 0 Å². The van der Waals surface area contributed by atoms with E-state index in [9.17, 15) is 9.90 Å². The molecular weight excluding hydrogens is 174 g/mol. The molecule has 13 heavy (non-hydrogen) atoms. The summed E-state index contributed by atoms with van der Waals surface area (Å²) in [5, 5.41) is 26.7. The maximum absolute atomic E-state index is 10.6. The molecule has 0 fully saturated rings. The maximum atomic E-state index is 10.6. The van der Waals surface area contributed by atoms with Gasteiger partial charge in [-0.05, 0) is 13.0 Å². The Morgan fingerprint density at radius 2 is 2.23 bits per heavy atom. The molecule has 70 valence electrons. The highest BCUT2D eigenvalue weighted by atomic mass is 16.4. The molecular formula is C8H9NO4. The molecule has 5 nitrogen and oxygen atoms in total. The predicted octanol–water partition coefficient (Wildman–Crippen LogP) is 0.286. The lowest BCUT2D eigenvalue weighted by atomic mass is 10.1. The standard InChI is InChI=1S/C8H9NO4/c1-4-2-5(8(12)13)7(11)6(3-10)9-4/h2,10-11H,3H2,1H3,(H,12,13). The van der Waals surface area contributed by atoms with E-state index in [2.05, 4.69) is 4.98 Å². The Hall–Kier alpha value is -1.62. The van der Waals surface area contributed by atoms with E-state index in [1.807, 2.05) is 0 Å². The van der Waals surface area contributed by atoms with Gasteiger partial charge in [0.15, 0.2) is 5.75 Å². The molecule has 0 aliphatic rings. The average Bonchev–Trinajstić information content (AvgIpc) is 2.08. The summed E-state index contributed by atoms with van der Waals surface area (Å²) in [5.74, 6) is -1.71. The van der Waals surface area contributed by atoms with Crippen molar-refractivity contribution in [2.75, 3.05) is 0 Å². The molecule has 0 aromatic carbocycles. The van der Waals surface area contributed by atoms with Crippen molar-refractivity contribution in [1.82, 2.24) is 4.98 Å². The lowest BCUT2D eigenvalue weighted by Gasteiger charge is -2.04. The number of carboxylic acids is 1. The van der Waals surface area contributed by atoms with Gasteiger partial charge >= 0.3 is 5.97 Å². The van der Waals surface area contributed by atoms with Crippen LogP contribution in [0.5, 0.6) is 5.75 Å². The monoisotopic (exact) mass is 183 g/mol. The van der Waals surface area contributed by atoms with Crippen molar-refractivity contribution in [3.63, 3.8) is 0 Å². The second kappa shape index (κ2) is 3.40. The molecule has 1 heterocycles. The zero-order valence-electron chi connectivity index (χ0n) is 6.98. The van der Waals surface area contributed by atoms with Crippen molar-refractivity contribution >= 4 is 5.97 Å². The number of carbonyl (C=O) groups is 1. The van der Waals surface area contributed by atoms with Crippen LogP contribution in [-0.2, 0) is 6.61 Å². The molecule has 0 spiro atoms. The SMILES string of the molecule is Cc1cc(C(=O)O)c(O)c(CO)n1. The molecule has 0 aliphatic carbocycles. The van der Waals surface area contributed by atoms with Crippen LogP contribution in [-0.4, -0.2) is 26.3 Å². The Kier molecular flexibility index (Phi) is 2.48. The van der Waals surface area contributed by atoms with Crippen LogP contribution in [0.25, 0.3) is 0 Å². The number of aromatic carboxylic acids is 1. The van der Waals surface area contributed by atoms with Crippen LogP contribution in [0.1, 0.15) is 21.7 Å². The number of aromatic hydroxyl groups is 1. The van der Waals surface area contributed by atoms with Crippen molar-refractivity contribution in [1.29, 1.82) is 0 Å². The minimum Gasteiger partial charge on any atom is -0.505 e. The molecule has 3 N–H and O–H groups in total. The van der Waals surface area contributed by atoms with Crippen molar-refractivity contribution < 1.29 is 20.1 Å². The highest BCUT2D eigenvalue weighted by Crippen LogP contribution is 2.21. The van der Waals surface area contributed by atoms with Gasteiger partial charge < -0.3 is 15.3 Å². The van der Waals surface area contributed by atoms with Gasteiger partial charge in [-0.15, -0.1) is 0 Å². The highest BCUT2D eigenvalue weighted by Gasteiger charge is 2.14. The zero-order chi connectivity index (χ0) is 10.0. The number of pyridine rings is 1. The van der Waals surface area contributed by atoms with Crippen LogP contribution in [0.15, 0.2) is 6.07 Å². The number of aliphatic hydroxyl groups excluding tert-OH is 1. The Balaban J connectivity index is 3.35. The molecule has 0 unspecified atom stereocenters. The Morgan fingerprint density at radius 3 is 2.69 bits per heavy atom. The molecule has 1 aromatic heterocycles. The van der Waals surface area contributed by atoms with Crippen molar-refractivity contribution in [2.24, 2.45) is 0 Å². The molecule has 0 atom stereocenters. The molecule has 0 aliphatic heterocycles. The number of aryl methyl sites for hydroxylation is 1. The molecule has 5 heteroatoms. The number of aromatic nitrogens is 1. The predicted molar refractivity (Wildman–Crippen MR) is 43.5 cm³/mol. The van der Waals surface area contributed by atoms with Crippen molar-refractivity contribution in [3.05, 3.63) is 23.0 Å². The van der Waals surface area contributed by atoms with Gasteiger partial charge in [0, 0.05) is 5.69 Å². The number of carboxylic acid groups (broad SMARTS) is 1. The third-order valence-electron chi connectivity index (χ3n) is 1.57. The summed E-state index contributed by atoms with van der Waals surface area (Å²) in [6.45, 7) is 1.11. The Morgan fingerprint density at radius 1 is 1.62 bits per heavy atom. The van der Waals surface area contributed by atoms with E-state index in [1.165, 1.54) is 6.07 Å². The van der Waals surface area contributed by atoms with Gasteiger partial charge in [-0.25, -0.2) is 4.79 Å². The van der Waals surface area contributed by atoms with Crippen LogP contribution in [0.4, 0.5) is 0 Å². The van der Waals surface area contributed by atoms with Gasteiger partial charge in [0.2, 0.25) is 0 Å². The molecule has 1 aromatic rings. The average molecular weight is 183 g/mol. The molecule has 0 bridgehead atoms. The summed E-state index contributed by atoms with van der Waals surface area (Å²) in [4.78, 5) is 14.3. The maximum Gasteiger partial charge on any atom is 0.339 e. The first kappa shape index (κ1) is 9.47. The third-order valence-corrected chi connectivity index (χ3v) is 1.57. The lowest BCUT2D eigenvalue weighted by molar-refractivity contribution is 0.0693. The molecule has 0 saturated carbocycles. The van der Waals surface area contributed by atoms with Gasteiger partial charge in [-0.2, -0.15) is 0 Å². The van der Waals surface area contributed by atoms with E-state index >= 15 is 0 Å². The van der Waals surface area contributed by atoms with Gasteiger partial charge in [0.1, 0.15) is 11.3 Å². The fourth-order valence-corrected chi connectivity index (χ4v) is 1.00. The summed E-state index contributed by atoms with van der Waals surface area (Å²) < 4.78 is 0. The molecule has 0 radical (unpaired) electrons. The summed E-state index contributed by atoms with van der Waals surface area (Å²) in [7, 11) is 0. The van der Waals surface area contributed by atoms with Crippen LogP contribution < -0.4 is 0 Å². The van der Waals surface area contributed by atoms with E-state index in [0.29, 0.717) is 5.69 Å². The second-order valence-electron chi connectivity index (χ2n) is 2.57. The minimum absolute atomic E-state index is 0.0163. The Bertz CT molecular complexity index is 348. The van der Waals surface area contributed by atoms with Gasteiger partial charge in [0.25, 0.3) is 0 Å². The van der Waals surface area contributed by atoms with E-state index in [0.717, 1.165) is 0 Å². The minimum atomic E-state index is -1.24. The first-order valence-electron chi connectivity index (χ1n) is 3.60. The molecule has 1 rings (SSSR count). The topological polar surface area (TPSA) is 90.7 Å². The first-order valence-corrected chi connectivity index (χ1v) is 3.60. The smallest absolute Gasteiger partial charge is 0.339 e. The normalized spacial score (nSPS) is 10.0. The Labute approximate surface area is 74.3 Å². The highest BCUT2D eigenvalue weighted by molar-refractivity contribution is 5.91. The summed E-state index contributed by atoms with van der Waals surface area (Å²) >= 11 is 0. The first-order chi connectivity index (χ1) is 6.06. The van der Waals surface area contributed by atoms with Gasteiger partial charge in [0.05, 0.1) is 6.61 Å². The van der Waals surface area contributed by atoms with E-state index in [-0.39, 0.29) is 11.3 Å². The second-order valence-corrected chi connectivity index (χ2v) is 2.57. The lowest BCUT2D eigenvalue weighted by Crippen LogP contribution is -2.03. The number of hydrogen-bond donors (Lipinski definition) is 3. The molecule has 0 saturated heterocycles. The fraction of sp³-hybridized carbons (Fsp3) is 0.250. The summed E-state index contributed by atoms with van der Waals surface area (Å²) in [5.41, 5.74) is 0.188. The molecule has 0 amide bonds. The van der Waals surface area contributed by atoms with E-state index in [4.69, 9.17) is 10.2 Å². The largest absolute Gasteiger partial charge is 0.505 e. The fourth-order valence-electron chi connectivity index (χ4n) is 1.00. The number of nitrogens with zero attached hydrogens (tertiary/aromatic N) is 1. The van der Waals surface area contributed by atoms with E-state index < -0.39 is 18.3 Å². The van der Waals surface area contributed by atoms with Crippen molar-refractivity contribution in [2.45, 2.75) is 13.5 Å². The van der Waals surface area contributed by atoms with Crippen LogP contribution >= 0.6 is 0 Å². The van der Waals surface area contributed by atoms with Crippen LogP contribution in [0.3, 0.4) is 0 Å². The third kappa shape index (κ3) is 1.75. The number of hydrogen-bond acceptors (Lipinski definition) is 4. The number of rotatable bonds is 2. The van der Waals surface area contributed by atoms with Crippen LogP contribution in [0.2, 0.25) is 0 Å². The van der Waals surface area contributed by atoms with Crippen LogP contribution in [0, 0.1) is 6.92 Å². The van der Waals surface area contributed by atoms with Gasteiger partial charge in [-0.3, -0.25) is 4.98 Å². The summed E-state index contributed by atoms with van der Waals surface area (Å²) in [6, 6.07) is 1.25. The zero-order valence-corrected chi connectivity index (χ0v) is 6.98. The number of aliphatic hydroxyl groups is 1. The summed E-state index contributed by atoms with van der Waals surface area (Å²) in [6.07, 6.45) is 0. The quantitative estimate of drug-likeness (QED) is 0.612. The van der Waals surface area contributed by atoms with E-state index in [1.54, 1.807) is 6.92 Å². The van der Waals surface area contributed by atoms with Crippen molar-refractivity contribution in [3.8, 4) is 5.75 Å².